The van der Waals surface area contributed by atoms with E-state index in [9.17, 15) is 0 Å². The molecule has 0 spiro atoms. The quantitative estimate of drug-likeness (QED) is 0.751. The van der Waals surface area contributed by atoms with Gasteiger partial charge in [-0.1, -0.05) is 6.07 Å². The third-order valence-electron chi connectivity index (χ3n) is 1.63. The van der Waals surface area contributed by atoms with Crippen LogP contribution in [0.5, 0.6) is 0 Å². The molecule has 0 saturated carbocycles. The van der Waals surface area contributed by atoms with Crippen LogP contribution in [0.15, 0.2) is 23.6 Å². The first-order valence-corrected chi connectivity index (χ1v) is 4.79. The highest BCUT2D eigenvalue weighted by molar-refractivity contribution is 7.13. The van der Waals surface area contributed by atoms with Crippen LogP contribution in [0.4, 0.5) is 5.82 Å². The van der Waals surface area contributed by atoms with E-state index in [-0.39, 0.29) is 0 Å². The second kappa shape index (κ2) is 3.14. The van der Waals surface area contributed by atoms with E-state index in [0.29, 0.717) is 5.82 Å². The maximum Gasteiger partial charge on any atom is 0.144 e. The average molecular weight is 191 g/mol. The zero-order chi connectivity index (χ0) is 9.26. The Morgan fingerprint density at radius 2 is 2.15 bits per heavy atom. The summed E-state index contributed by atoms with van der Waals surface area (Å²) in [5.74, 6) is 0.559. The van der Waals surface area contributed by atoms with Crippen molar-refractivity contribution in [3.8, 4) is 10.7 Å². The lowest BCUT2D eigenvalue weighted by Gasteiger charge is -1.95. The largest absolute Gasteiger partial charge is 0.383 e. The van der Waals surface area contributed by atoms with E-state index in [4.69, 9.17) is 5.73 Å². The molecule has 2 rings (SSSR count). The van der Waals surface area contributed by atoms with Gasteiger partial charge in [0.1, 0.15) is 10.8 Å². The molecule has 0 aliphatic carbocycles. The lowest BCUT2D eigenvalue weighted by molar-refractivity contribution is 1.20. The molecule has 2 aromatic heterocycles. The molecule has 0 aliphatic rings. The number of anilines is 1. The van der Waals surface area contributed by atoms with Crippen molar-refractivity contribution in [3.63, 3.8) is 0 Å². The van der Waals surface area contributed by atoms with Gasteiger partial charge < -0.3 is 5.73 Å². The Balaban J connectivity index is 2.46. The third kappa shape index (κ3) is 1.67. The molecule has 0 radical (unpaired) electrons. The standard InChI is InChI=1S/C9H9N3S/c1-6-3-2-4-7(11-6)9-12-8(10)5-13-9/h2-5H,10H2,1H3. The number of hydrogen-bond acceptors (Lipinski definition) is 4. The van der Waals surface area contributed by atoms with E-state index >= 15 is 0 Å². The number of aromatic nitrogens is 2. The van der Waals surface area contributed by atoms with Gasteiger partial charge in [0.25, 0.3) is 0 Å². The minimum atomic E-state index is 0.559. The molecule has 0 amide bonds. The van der Waals surface area contributed by atoms with Gasteiger partial charge in [-0.05, 0) is 19.1 Å². The van der Waals surface area contributed by atoms with Crippen molar-refractivity contribution in [2.75, 3.05) is 5.73 Å². The molecule has 0 atom stereocenters. The van der Waals surface area contributed by atoms with Gasteiger partial charge in [-0.15, -0.1) is 11.3 Å². The molecule has 0 unspecified atom stereocenters. The van der Waals surface area contributed by atoms with Crippen LogP contribution in [0.25, 0.3) is 10.7 Å². The minimum absolute atomic E-state index is 0.559. The predicted molar refractivity (Wildman–Crippen MR) is 54.5 cm³/mol. The van der Waals surface area contributed by atoms with Gasteiger partial charge in [-0.25, -0.2) is 4.98 Å². The third-order valence-corrected chi connectivity index (χ3v) is 2.51. The summed E-state index contributed by atoms with van der Waals surface area (Å²) in [7, 11) is 0. The zero-order valence-electron chi connectivity index (χ0n) is 7.19. The van der Waals surface area contributed by atoms with E-state index in [1.54, 1.807) is 0 Å². The molecular weight excluding hydrogens is 182 g/mol. The van der Waals surface area contributed by atoms with Gasteiger partial charge in [-0.3, -0.25) is 4.98 Å². The number of nitrogens with two attached hydrogens (primary N) is 1. The lowest BCUT2D eigenvalue weighted by Crippen LogP contribution is -1.87. The monoisotopic (exact) mass is 191 g/mol. The molecule has 4 heteroatoms. The molecule has 2 N–H and O–H groups in total. The summed E-state index contributed by atoms with van der Waals surface area (Å²) in [4.78, 5) is 8.50. The van der Waals surface area contributed by atoms with E-state index in [2.05, 4.69) is 9.97 Å². The smallest absolute Gasteiger partial charge is 0.144 e. The van der Waals surface area contributed by atoms with Crippen molar-refractivity contribution in [2.24, 2.45) is 0 Å². The highest BCUT2D eigenvalue weighted by atomic mass is 32.1. The highest BCUT2D eigenvalue weighted by Gasteiger charge is 2.03. The molecule has 0 saturated heterocycles. The second-order valence-electron chi connectivity index (χ2n) is 2.74. The van der Waals surface area contributed by atoms with Crippen LogP contribution >= 0.6 is 11.3 Å². The summed E-state index contributed by atoms with van der Waals surface area (Å²) in [6.45, 7) is 1.96. The first-order valence-electron chi connectivity index (χ1n) is 3.91. The normalized spacial score (nSPS) is 10.2. The van der Waals surface area contributed by atoms with Crippen LogP contribution in [-0.2, 0) is 0 Å². The number of nitrogens with zero attached hydrogens (tertiary/aromatic N) is 2. The van der Waals surface area contributed by atoms with Crippen LogP contribution in [0, 0.1) is 6.92 Å². The Bertz CT molecular complexity index is 422. The molecule has 13 heavy (non-hydrogen) atoms. The summed E-state index contributed by atoms with van der Waals surface area (Å²) in [6, 6.07) is 5.86. The predicted octanol–water partition coefficient (Wildman–Crippen LogP) is 2.10. The fourth-order valence-electron chi connectivity index (χ4n) is 1.07. The zero-order valence-corrected chi connectivity index (χ0v) is 8.01. The Hall–Kier alpha value is -1.42. The van der Waals surface area contributed by atoms with Crippen molar-refractivity contribution in [1.29, 1.82) is 0 Å². The fraction of sp³-hybridized carbons (Fsp3) is 0.111. The summed E-state index contributed by atoms with van der Waals surface area (Å²) in [5, 5.41) is 2.69. The number of hydrogen-bond donors (Lipinski definition) is 1. The molecule has 66 valence electrons. The van der Waals surface area contributed by atoms with Gasteiger partial charge in [0.2, 0.25) is 0 Å². The molecule has 0 bridgehead atoms. The minimum Gasteiger partial charge on any atom is -0.383 e. The van der Waals surface area contributed by atoms with Crippen molar-refractivity contribution in [1.82, 2.24) is 9.97 Å². The Morgan fingerprint density at radius 1 is 1.31 bits per heavy atom. The molecule has 2 aromatic rings. The fourth-order valence-corrected chi connectivity index (χ4v) is 1.74. The molecule has 2 heterocycles. The molecule has 3 nitrogen and oxygen atoms in total. The lowest BCUT2D eigenvalue weighted by atomic mass is 10.3. The molecular formula is C9H9N3S. The molecule has 0 aromatic carbocycles. The molecule has 0 fully saturated rings. The van der Waals surface area contributed by atoms with Crippen molar-refractivity contribution in [3.05, 3.63) is 29.3 Å². The van der Waals surface area contributed by atoms with E-state index in [1.165, 1.54) is 11.3 Å². The Morgan fingerprint density at radius 3 is 2.77 bits per heavy atom. The maximum absolute atomic E-state index is 5.53. The van der Waals surface area contributed by atoms with Crippen molar-refractivity contribution < 1.29 is 0 Å². The summed E-state index contributed by atoms with van der Waals surface area (Å²) >= 11 is 1.51. The highest BCUT2D eigenvalue weighted by Crippen LogP contribution is 2.22. The first kappa shape index (κ1) is 8.19. The van der Waals surface area contributed by atoms with Gasteiger partial charge in [0.15, 0.2) is 0 Å². The second-order valence-corrected chi connectivity index (χ2v) is 3.60. The maximum atomic E-state index is 5.53. The van der Waals surface area contributed by atoms with Gasteiger partial charge in [0, 0.05) is 11.1 Å². The van der Waals surface area contributed by atoms with Crippen LogP contribution in [0.3, 0.4) is 0 Å². The average Bonchev–Trinajstić information content (AvgIpc) is 2.52. The number of aryl methyl sites for hydroxylation is 1. The van der Waals surface area contributed by atoms with Crippen LogP contribution in [-0.4, -0.2) is 9.97 Å². The van der Waals surface area contributed by atoms with Crippen LogP contribution < -0.4 is 5.73 Å². The Kier molecular flexibility index (Phi) is 1.98. The van der Waals surface area contributed by atoms with Crippen LogP contribution in [0.1, 0.15) is 5.69 Å². The van der Waals surface area contributed by atoms with Crippen molar-refractivity contribution >= 4 is 17.2 Å². The SMILES string of the molecule is Cc1cccc(-c2nc(N)cs2)n1. The van der Waals surface area contributed by atoms with Crippen molar-refractivity contribution in [2.45, 2.75) is 6.92 Å². The Labute approximate surface area is 80.3 Å². The van der Waals surface area contributed by atoms with E-state index in [0.717, 1.165) is 16.4 Å². The van der Waals surface area contributed by atoms with Gasteiger partial charge >= 0.3 is 0 Å². The summed E-state index contributed by atoms with van der Waals surface area (Å²) < 4.78 is 0. The molecule has 0 aliphatic heterocycles. The number of pyridine rings is 1. The van der Waals surface area contributed by atoms with Gasteiger partial charge in [0.05, 0.1) is 5.69 Å². The van der Waals surface area contributed by atoms with E-state index in [1.807, 2.05) is 30.5 Å². The van der Waals surface area contributed by atoms with Gasteiger partial charge in [-0.2, -0.15) is 0 Å². The summed E-state index contributed by atoms with van der Waals surface area (Å²) in [6.07, 6.45) is 0. The first-order chi connectivity index (χ1) is 6.25. The number of nitrogen functional groups attached to an aromatic ring is 1. The van der Waals surface area contributed by atoms with E-state index < -0.39 is 0 Å². The number of rotatable bonds is 1. The number of thiazole rings is 1. The topological polar surface area (TPSA) is 51.8 Å². The summed E-state index contributed by atoms with van der Waals surface area (Å²) in [5.41, 5.74) is 7.41. The van der Waals surface area contributed by atoms with Crippen LogP contribution in [0.2, 0.25) is 0 Å².